The highest BCUT2D eigenvalue weighted by molar-refractivity contribution is 6.43. The van der Waals surface area contributed by atoms with Gasteiger partial charge in [-0.15, -0.1) is 0 Å². The molecule has 0 fully saturated rings. The molecule has 18 heavy (non-hydrogen) atoms. The smallest absolute Gasteiger partial charge is 0.321 e. The van der Waals surface area contributed by atoms with Crippen molar-refractivity contribution in [3.8, 4) is 0 Å². The third-order valence-electron chi connectivity index (χ3n) is 2.42. The summed E-state index contributed by atoms with van der Waals surface area (Å²) in [6.45, 7) is 2.14. The van der Waals surface area contributed by atoms with Crippen LogP contribution in [-0.4, -0.2) is 35.7 Å². The molecule has 2 N–H and O–H groups in total. The van der Waals surface area contributed by atoms with Crippen molar-refractivity contribution in [2.24, 2.45) is 0 Å². The van der Waals surface area contributed by atoms with E-state index in [1.165, 1.54) is 4.90 Å². The maximum Gasteiger partial charge on any atom is 0.321 e. The van der Waals surface area contributed by atoms with Crippen LogP contribution in [0.2, 0.25) is 10.0 Å². The van der Waals surface area contributed by atoms with Gasteiger partial charge < -0.3 is 15.3 Å². The van der Waals surface area contributed by atoms with E-state index in [9.17, 15) is 4.79 Å². The number of benzene rings is 1. The van der Waals surface area contributed by atoms with Crippen molar-refractivity contribution in [2.45, 2.75) is 19.4 Å². The summed E-state index contributed by atoms with van der Waals surface area (Å²) < 4.78 is 0. The molecule has 0 radical (unpaired) electrons. The first kappa shape index (κ1) is 15.1. The Morgan fingerprint density at radius 2 is 2.17 bits per heavy atom. The first-order chi connectivity index (χ1) is 8.41. The summed E-state index contributed by atoms with van der Waals surface area (Å²) in [5, 5.41) is 12.5. The highest BCUT2D eigenvalue weighted by Gasteiger charge is 2.12. The number of rotatable bonds is 4. The normalized spacial score (nSPS) is 12.1. The van der Waals surface area contributed by atoms with Gasteiger partial charge in [-0.1, -0.05) is 29.3 Å². The number of hydrogen-bond acceptors (Lipinski definition) is 2. The van der Waals surface area contributed by atoms with Crippen molar-refractivity contribution in [3.05, 3.63) is 28.2 Å². The molecule has 0 aliphatic rings. The number of urea groups is 1. The topological polar surface area (TPSA) is 52.6 Å². The molecule has 0 aliphatic heterocycles. The van der Waals surface area contributed by atoms with Gasteiger partial charge in [0.15, 0.2) is 0 Å². The van der Waals surface area contributed by atoms with Crippen molar-refractivity contribution < 1.29 is 9.90 Å². The van der Waals surface area contributed by atoms with Crippen LogP contribution in [0.1, 0.15) is 13.3 Å². The fraction of sp³-hybridized carbons (Fsp3) is 0.417. The summed E-state index contributed by atoms with van der Waals surface area (Å²) in [7, 11) is 1.65. The molecular formula is C12H16Cl2N2O2. The molecule has 0 bridgehead atoms. The molecule has 1 rings (SSSR count). The van der Waals surface area contributed by atoms with Gasteiger partial charge in [0.05, 0.1) is 21.8 Å². The molecule has 0 aromatic heterocycles. The number of anilines is 1. The first-order valence-corrected chi connectivity index (χ1v) is 6.31. The molecule has 0 saturated heterocycles. The Balaban J connectivity index is 2.61. The number of amides is 2. The van der Waals surface area contributed by atoms with Crippen LogP contribution in [0.15, 0.2) is 18.2 Å². The van der Waals surface area contributed by atoms with E-state index in [-0.39, 0.29) is 6.03 Å². The van der Waals surface area contributed by atoms with Crippen molar-refractivity contribution in [1.82, 2.24) is 4.90 Å². The van der Waals surface area contributed by atoms with Crippen LogP contribution in [0.25, 0.3) is 0 Å². The third-order valence-corrected chi connectivity index (χ3v) is 3.24. The minimum atomic E-state index is -0.435. The Morgan fingerprint density at radius 3 is 2.78 bits per heavy atom. The van der Waals surface area contributed by atoms with Gasteiger partial charge in [-0.2, -0.15) is 0 Å². The van der Waals surface area contributed by atoms with Gasteiger partial charge in [0, 0.05) is 13.6 Å². The van der Waals surface area contributed by atoms with E-state index < -0.39 is 6.10 Å². The number of halogens is 2. The van der Waals surface area contributed by atoms with Crippen LogP contribution in [0, 0.1) is 0 Å². The van der Waals surface area contributed by atoms with Gasteiger partial charge in [-0.25, -0.2) is 4.79 Å². The Labute approximate surface area is 116 Å². The fourth-order valence-electron chi connectivity index (χ4n) is 1.29. The average molecular weight is 291 g/mol. The summed E-state index contributed by atoms with van der Waals surface area (Å²) in [6, 6.07) is 4.74. The van der Waals surface area contributed by atoms with Crippen LogP contribution in [0.5, 0.6) is 0 Å². The van der Waals surface area contributed by atoms with Gasteiger partial charge in [-0.3, -0.25) is 0 Å². The fourth-order valence-corrected chi connectivity index (χ4v) is 1.64. The third kappa shape index (κ3) is 4.37. The van der Waals surface area contributed by atoms with E-state index in [4.69, 9.17) is 28.3 Å². The van der Waals surface area contributed by atoms with E-state index in [0.717, 1.165) is 0 Å². The predicted octanol–water partition coefficient (Wildman–Crippen LogP) is 3.23. The van der Waals surface area contributed by atoms with Crippen LogP contribution in [-0.2, 0) is 0 Å². The lowest BCUT2D eigenvalue weighted by atomic mass is 10.3. The van der Waals surface area contributed by atoms with Crippen LogP contribution in [0.4, 0.5) is 10.5 Å². The summed E-state index contributed by atoms with van der Waals surface area (Å²) in [5.41, 5.74) is 0.470. The molecule has 1 aromatic rings. The maximum atomic E-state index is 11.8. The van der Waals surface area contributed by atoms with Crippen molar-refractivity contribution in [3.63, 3.8) is 0 Å². The number of carbonyl (C=O) groups excluding carboxylic acids is 1. The van der Waals surface area contributed by atoms with E-state index >= 15 is 0 Å². The molecule has 2 amide bonds. The molecule has 0 saturated carbocycles. The van der Waals surface area contributed by atoms with E-state index in [0.29, 0.717) is 28.7 Å². The second-order valence-electron chi connectivity index (χ2n) is 4.09. The number of hydrogen-bond donors (Lipinski definition) is 2. The summed E-state index contributed by atoms with van der Waals surface area (Å²) in [4.78, 5) is 13.3. The highest BCUT2D eigenvalue weighted by Crippen LogP contribution is 2.29. The summed E-state index contributed by atoms with van der Waals surface area (Å²) in [6.07, 6.45) is 0.0859. The van der Waals surface area contributed by atoms with E-state index in [1.54, 1.807) is 32.2 Å². The molecule has 100 valence electrons. The second-order valence-corrected chi connectivity index (χ2v) is 4.88. The monoisotopic (exact) mass is 290 g/mol. The van der Waals surface area contributed by atoms with Crippen molar-refractivity contribution in [1.29, 1.82) is 0 Å². The van der Waals surface area contributed by atoms with Gasteiger partial charge in [0.1, 0.15) is 0 Å². The van der Waals surface area contributed by atoms with Crippen LogP contribution >= 0.6 is 23.2 Å². The summed E-state index contributed by atoms with van der Waals surface area (Å²) in [5.74, 6) is 0. The lowest BCUT2D eigenvalue weighted by molar-refractivity contribution is 0.167. The summed E-state index contributed by atoms with van der Waals surface area (Å²) >= 11 is 11.8. The predicted molar refractivity (Wildman–Crippen MR) is 74.4 cm³/mol. The minimum Gasteiger partial charge on any atom is -0.393 e. The zero-order valence-corrected chi connectivity index (χ0v) is 11.8. The number of aliphatic hydroxyl groups excluding tert-OH is 1. The molecule has 0 heterocycles. The number of carbonyl (C=O) groups is 1. The van der Waals surface area contributed by atoms with Crippen molar-refractivity contribution >= 4 is 34.9 Å². The maximum absolute atomic E-state index is 11.8. The molecule has 0 spiro atoms. The molecular weight excluding hydrogens is 275 g/mol. The van der Waals surface area contributed by atoms with Gasteiger partial charge in [0.2, 0.25) is 0 Å². The number of aliphatic hydroxyl groups is 1. The quantitative estimate of drug-likeness (QED) is 0.894. The number of nitrogens with one attached hydrogen (secondary N) is 1. The average Bonchev–Trinajstić information content (AvgIpc) is 2.31. The minimum absolute atomic E-state index is 0.292. The molecule has 4 nitrogen and oxygen atoms in total. The van der Waals surface area contributed by atoms with Gasteiger partial charge in [0.25, 0.3) is 0 Å². The molecule has 0 aliphatic carbocycles. The van der Waals surface area contributed by atoms with Crippen molar-refractivity contribution in [2.75, 3.05) is 18.9 Å². The Kier molecular flexibility index (Phi) is 5.72. The van der Waals surface area contributed by atoms with E-state index in [1.807, 2.05) is 0 Å². The Bertz CT molecular complexity index is 425. The van der Waals surface area contributed by atoms with Gasteiger partial charge in [-0.05, 0) is 25.5 Å². The van der Waals surface area contributed by atoms with Crippen LogP contribution in [0.3, 0.4) is 0 Å². The number of nitrogens with zero attached hydrogens (tertiary/aromatic N) is 1. The van der Waals surface area contributed by atoms with E-state index in [2.05, 4.69) is 5.32 Å². The standard InChI is InChI=1S/C12H16Cl2N2O2/c1-8(17)6-7-16(2)12(18)15-10-5-3-4-9(13)11(10)14/h3-5,8,17H,6-7H2,1-2H3,(H,15,18). The molecule has 1 aromatic carbocycles. The second kappa shape index (κ2) is 6.83. The van der Waals surface area contributed by atoms with Gasteiger partial charge >= 0.3 is 6.03 Å². The highest BCUT2D eigenvalue weighted by atomic mass is 35.5. The largest absolute Gasteiger partial charge is 0.393 e. The first-order valence-electron chi connectivity index (χ1n) is 5.56. The lowest BCUT2D eigenvalue weighted by Gasteiger charge is -2.19. The molecule has 6 heteroatoms. The Hall–Kier alpha value is -0.970. The molecule has 1 unspecified atom stereocenters. The molecule has 1 atom stereocenters. The van der Waals surface area contributed by atoms with Crippen LogP contribution < -0.4 is 5.32 Å². The lowest BCUT2D eigenvalue weighted by Crippen LogP contribution is -2.33. The zero-order chi connectivity index (χ0) is 13.7. The Morgan fingerprint density at radius 1 is 1.50 bits per heavy atom. The zero-order valence-electron chi connectivity index (χ0n) is 10.3. The SMILES string of the molecule is CC(O)CCN(C)C(=O)Nc1cccc(Cl)c1Cl.